The lowest BCUT2D eigenvalue weighted by atomic mass is 10.2. The summed E-state index contributed by atoms with van der Waals surface area (Å²) in [4.78, 5) is 10.1. The van der Waals surface area contributed by atoms with Crippen LogP contribution in [0.2, 0.25) is 0 Å². The Kier molecular flexibility index (Phi) is 1.97. The third-order valence-electron chi connectivity index (χ3n) is 1.31. The molecule has 0 aromatic rings. The van der Waals surface area contributed by atoms with Crippen LogP contribution in [-0.4, -0.2) is 29.6 Å². The van der Waals surface area contributed by atoms with Gasteiger partial charge in [0.2, 0.25) is 0 Å². The van der Waals surface area contributed by atoms with Crippen molar-refractivity contribution in [1.29, 1.82) is 0 Å². The summed E-state index contributed by atoms with van der Waals surface area (Å²) in [5.41, 5.74) is 0.670. The maximum absolute atomic E-state index is 10.1. The van der Waals surface area contributed by atoms with Crippen molar-refractivity contribution in [2.24, 2.45) is 0 Å². The molecule has 0 aromatic carbocycles. The number of rotatable bonds is 1. The number of hydroxylamine groups is 2. The van der Waals surface area contributed by atoms with Crippen molar-refractivity contribution in [2.45, 2.75) is 6.42 Å². The molecule has 0 aromatic heterocycles. The largest absolute Gasteiger partial charge is 0.314 e. The monoisotopic (exact) mass is 127 g/mol. The van der Waals surface area contributed by atoms with Crippen LogP contribution in [0.1, 0.15) is 6.42 Å². The quantitative estimate of drug-likeness (QED) is 0.512. The number of hydrogen-bond acceptors (Lipinski definition) is 3. The van der Waals surface area contributed by atoms with Crippen molar-refractivity contribution < 1.29 is 10.0 Å². The lowest BCUT2D eigenvalue weighted by molar-refractivity contribution is -0.109. The van der Waals surface area contributed by atoms with Crippen LogP contribution in [-0.2, 0) is 4.79 Å². The minimum atomic E-state index is 0.378. The normalized spacial score (nSPS) is 21.2. The molecule has 1 aliphatic heterocycles. The Morgan fingerprint density at radius 1 is 1.78 bits per heavy atom. The molecule has 0 spiro atoms. The molecule has 1 aliphatic rings. The maximum Gasteiger partial charge on any atom is 0.147 e. The van der Waals surface area contributed by atoms with Crippen LogP contribution in [0.4, 0.5) is 0 Å². The van der Waals surface area contributed by atoms with Gasteiger partial charge >= 0.3 is 0 Å². The van der Waals surface area contributed by atoms with Gasteiger partial charge in [0.25, 0.3) is 0 Å². The molecule has 1 N–H and O–H groups in total. The van der Waals surface area contributed by atoms with Gasteiger partial charge in [-0.2, -0.15) is 5.06 Å². The van der Waals surface area contributed by atoms with Crippen molar-refractivity contribution in [2.75, 3.05) is 13.1 Å². The molecule has 9 heavy (non-hydrogen) atoms. The van der Waals surface area contributed by atoms with E-state index in [1.165, 1.54) is 0 Å². The van der Waals surface area contributed by atoms with Gasteiger partial charge in [0, 0.05) is 12.1 Å². The summed E-state index contributed by atoms with van der Waals surface area (Å²) in [7, 11) is 0. The van der Waals surface area contributed by atoms with Gasteiger partial charge in [-0.25, -0.2) is 0 Å². The molecule has 0 fully saturated rings. The van der Waals surface area contributed by atoms with Crippen LogP contribution in [0.15, 0.2) is 11.6 Å². The standard InChI is InChI=1S/C6H9NO2/c8-5-6-2-1-3-7(9)4-6/h2,5,9H,1,3-4H2. The van der Waals surface area contributed by atoms with E-state index in [-0.39, 0.29) is 0 Å². The van der Waals surface area contributed by atoms with Gasteiger partial charge < -0.3 is 5.21 Å². The van der Waals surface area contributed by atoms with Crippen molar-refractivity contribution in [3.63, 3.8) is 0 Å². The molecule has 1 heterocycles. The minimum absolute atomic E-state index is 0.378. The predicted molar refractivity (Wildman–Crippen MR) is 32.1 cm³/mol. The smallest absolute Gasteiger partial charge is 0.147 e. The Morgan fingerprint density at radius 2 is 2.56 bits per heavy atom. The second-order valence-corrected chi connectivity index (χ2v) is 2.07. The zero-order chi connectivity index (χ0) is 6.69. The fraction of sp³-hybridized carbons (Fsp3) is 0.500. The van der Waals surface area contributed by atoms with E-state index in [1.807, 2.05) is 6.08 Å². The molecule has 0 amide bonds. The summed E-state index contributed by atoms with van der Waals surface area (Å²) in [5.74, 6) is 0. The van der Waals surface area contributed by atoms with Crippen LogP contribution in [0.25, 0.3) is 0 Å². The topological polar surface area (TPSA) is 40.5 Å². The first-order chi connectivity index (χ1) is 4.33. The second kappa shape index (κ2) is 2.75. The van der Waals surface area contributed by atoms with E-state index in [9.17, 15) is 4.79 Å². The number of nitrogens with zero attached hydrogens (tertiary/aromatic N) is 1. The average Bonchev–Trinajstić information content (AvgIpc) is 1.88. The van der Waals surface area contributed by atoms with Crippen molar-refractivity contribution in [3.8, 4) is 0 Å². The first kappa shape index (κ1) is 6.45. The fourth-order valence-electron chi connectivity index (χ4n) is 0.839. The van der Waals surface area contributed by atoms with Gasteiger partial charge in [-0.15, -0.1) is 0 Å². The molecule has 0 saturated heterocycles. The summed E-state index contributed by atoms with van der Waals surface area (Å²) in [6.07, 6.45) is 3.40. The van der Waals surface area contributed by atoms with Crippen molar-refractivity contribution >= 4 is 6.29 Å². The number of hydrogen-bond donors (Lipinski definition) is 1. The van der Waals surface area contributed by atoms with Gasteiger partial charge in [0.05, 0.1) is 6.54 Å². The first-order valence-corrected chi connectivity index (χ1v) is 2.91. The van der Waals surface area contributed by atoms with E-state index in [2.05, 4.69) is 0 Å². The molecule has 3 nitrogen and oxygen atoms in total. The number of carbonyl (C=O) groups is 1. The third kappa shape index (κ3) is 1.62. The molecule has 3 heteroatoms. The Balaban J connectivity index is 2.53. The number of carbonyl (C=O) groups excluding carboxylic acids is 1. The van der Waals surface area contributed by atoms with Gasteiger partial charge in [-0.3, -0.25) is 4.79 Å². The average molecular weight is 127 g/mol. The van der Waals surface area contributed by atoms with E-state index >= 15 is 0 Å². The highest BCUT2D eigenvalue weighted by Crippen LogP contribution is 2.03. The van der Waals surface area contributed by atoms with Crippen molar-refractivity contribution in [1.82, 2.24) is 5.06 Å². The fourth-order valence-corrected chi connectivity index (χ4v) is 0.839. The van der Waals surface area contributed by atoms with Crippen LogP contribution >= 0.6 is 0 Å². The Hall–Kier alpha value is -0.670. The Bertz CT molecular complexity index is 142. The first-order valence-electron chi connectivity index (χ1n) is 2.91. The van der Waals surface area contributed by atoms with Crippen LogP contribution in [0, 0.1) is 0 Å². The minimum Gasteiger partial charge on any atom is -0.314 e. The van der Waals surface area contributed by atoms with Crippen LogP contribution < -0.4 is 0 Å². The van der Waals surface area contributed by atoms with Crippen molar-refractivity contribution in [3.05, 3.63) is 11.6 Å². The second-order valence-electron chi connectivity index (χ2n) is 2.07. The lowest BCUT2D eigenvalue weighted by Crippen LogP contribution is -2.26. The van der Waals surface area contributed by atoms with E-state index in [4.69, 9.17) is 5.21 Å². The summed E-state index contributed by atoms with van der Waals surface area (Å²) >= 11 is 0. The summed E-state index contributed by atoms with van der Waals surface area (Å²) in [6.45, 7) is 1.01. The maximum atomic E-state index is 10.1. The molecule has 50 valence electrons. The molecule has 0 bridgehead atoms. The summed E-state index contributed by atoms with van der Waals surface area (Å²) in [5, 5.41) is 9.99. The molecule has 0 saturated carbocycles. The molecular formula is C6H9NO2. The summed E-state index contributed by atoms with van der Waals surface area (Å²) in [6, 6.07) is 0. The molecule has 0 radical (unpaired) electrons. The van der Waals surface area contributed by atoms with E-state index < -0.39 is 0 Å². The number of aldehydes is 1. The van der Waals surface area contributed by atoms with Gasteiger partial charge in [-0.05, 0) is 6.42 Å². The van der Waals surface area contributed by atoms with Crippen LogP contribution in [0.3, 0.4) is 0 Å². The zero-order valence-corrected chi connectivity index (χ0v) is 5.08. The van der Waals surface area contributed by atoms with Gasteiger partial charge in [-0.1, -0.05) is 6.08 Å². The lowest BCUT2D eigenvalue weighted by Gasteiger charge is -2.17. The highest BCUT2D eigenvalue weighted by Gasteiger charge is 2.07. The highest BCUT2D eigenvalue weighted by atomic mass is 16.5. The Labute approximate surface area is 53.5 Å². The van der Waals surface area contributed by atoms with E-state index in [0.29, 0.717) is 18.7 Å². The molecule has 0 unspecified atom stereocenters. The van der Waals surface area contributed by atoms with E-state index in [1.54, 1.807) is 0 Å². The van der Waals surface area contributed by atoms with Gasteiger partial charge in [0.15, 0.2) is 0 Å². The molecular weight excluding hydrogens is 118 g/mol. The third-order valence-corrected chi connectivity index (χ3v) is 1.31. The van der Waals surface area contributed by atoms with Gasteiger partial charge in [0.1, 0.15) is 6.29 Å². The van der Waals surface area contributed by atoms with E-state index in [0.717, 1.165) is 17.8 Å². The molecule has 1 rings (SSSR count). The van der Waals surface area contributed by atoms with Crippen LogP contribution in [0.5, 0.6) is 0 Å². The zero-order valence-electron chi connectivity index (χ0n) is 5.08. The Morgan fingerprint density at radius 3 is 3.00 bits per heavy atom. The SMILES string of the molecule is O=CC1=CCCN(O)C1. The highest BCUT2D eigenvalue weighted by molar-refractivity contribution is 5.73. The molecule has 0 atom stereocenters. The predicted octanol–water partition coefficient (Wildman–Crippen LogP) is 0.207. The summed E-state index contributed by atoms with van der Waals surface area (Å²) < 4.78 is 0. The molecule has 0 aliphatic carbocycles.